The van der Waals surface area contributed by atoms with Crippen molar-refractivity contribution in [2.24, 2.45) is 11.7 Å². The molecule has 0 radical (unpaired) electrons. The number of carbonyl (C=O) groups excluding carboxylic acids is 1. The molecule has 34 heavy (non-hydrogen) atoms. The molecule has 0 bridgehead atoms. The highest BCUT2D eigenvalue weighted by molar-refractivity contribution is 5.79. The van der Waals surface area contributed by atoms with Crippen molar-refractivity contribution in [3.63, 3.8) is 0 Å². The fraction of sp³-hybridized carbons (Fsp3) is 0.667. The van der Waals surface area contributed by atoms with E-state index in [1.54, 1.807) is 7.11 Å². The number of benzene rings is 1. The van der Waals surface area contributed by atoms with Gasteiger partial charge in [0.2, 0.25) is 5.91 Å². The molecule has 0 saturated carbocycles. The largest absolute Gasteiger partial charge is 0.497 e. The van der Waals surface area contributed by atoms with Crippen molar-refractivity contribution in [3.05, 3.63) is 41.7 Å². The van der Waals surface area contributed by atoms with Gasteiger partial charge >= 0.3 is 0 Å². The number of rotatable bonds is 9. The summed E-state index contributed by atoms with van der Waals surface area (Å²) >= 11 is 0. The second kappa shape index (κ2) is 11.1. The quantitative estimate of drug-likeness (QED) is 0.510. The summed E-state index contributed by atoms with van der Waals surface area (Å²) in [5.74, 6) is 1.18. The average Bonchev–Trinajstić information content (AvgIpc) is 2.80. The third-order valence-corrected chi connectivity index (χ3v) is 8.08. The Morgan fingerprint density at radius 1 is 1.38 bits per heavy atom. The lowest BCUT2D eigenvalue weighted by Gasteiger charge is -2.58. The summed E-state index contributed by atoms with van der Waals surface area (Å²) in [5, 5.41) is 15.3. The number of hydrogen-bond acceptors (Lipinski definition) is 6. The van der Waals surface area contributed by atoms with Crippen LogP contribution in [0.3, 0.4) is 0 Å². The summed E-state index contributed by atoms with van der Waals surface area (Å²) < 4.78 is 11.1. The second-order valence-corrected chi connectivity index (χ2v) is 10.2. The van der Waals surface area contributed by atoms with Gasteiger partial charge in [-0.1, -0.05) is 26.0 Å². The third kappa shape index (κ3) is 5.26. The fourth-order valence-corrected chi connectivity index (χ4v) is 6.23. The topological polar surface area (TPSA) is 97.0 Å². The van der Waals surface area contributed by atoms with Crippen LogP contribution in [0.5, 0.6) is 5.75 Å². The lowest BCUT2D eigenvalue weighted by molar-refractivity contribution is -0.153. The van der Waals surface area contributed by atoms with Gasteiger partial charge in [-0.05, 0) is 75.3 Å². The number of carbonyl (C=O) groups is 1. The average molecular weight is 474 g/mol. The Morgan fingerprint density at radius 3 is 2.71 bits per heavy atom. The van der Waals surface area contributed by atoms with E-state index in [9.17, 15) is 9.90 Å². The molecule has 0 aromatic heterocycles. The van der Waals surface area contributed by atoms with Crippen LogP contribution in [0.15, 0.2) is 30.6 Å². The first kappa shape index (κ1) is 26.5. The predicted molar refractivity (Wildman–Crippen MR) is 135 cm³/mol. The van der Waals surface area contributed by atoms with Gasteiger partial charge < -0.3 is 25.6 Å². The van der Waals surface area contributed by atoms with Crippen molar-refractivity contribution in [1.82, 2.24) is 10.2 Å². The van der Waals surface area contributed by atoms with Gasteiger partial charge in [0.15, 0.2) is 0 Å². The predicted octanol–water partition coefficient (Wildman–Crippen LogP) is 3.23. The number of nitrogens with two attached hydrogens (primary N) is 1. The first-order chi connectivity index (χ1) is 16.2. The van der Waals surface area contributed by atoms with Gasteiger partial charge in [0, 0.05) is 37.6 Å². The van der Waals surface area contributed by atoms with Gasteiger partial charge in [0.1, 0.15) is 5.75 Å². The molecule has 190 valence electrons. The van der Waals surface area contributed by atoms with Crippen LogP contribution in [0.25, 0.3) is 0 Å². The van der Waals surface area contributed by atoms with E-state index in [0.717, 1.165) is 62.4 Å². The maximum atomic E-state index is 13.1. The lowest BCUT2D eigenvalue weighted by Crippen LogP contribution is -2.69. The zero-order chi connectivity index (χ0) is 24.9. The van der Waals surface area contributed by atoms with Crippen LogP contribution < -0.4 is 15.8 Å². The van der Waals surface area contributed by atoms with Crippen LogP contribution >= 0.6 is 0 Å². The molecule has 0 aliphatic carbocycles. The van der Waals surface area contributed by atoms with Gasteiger partial charge in [0.05, 0.1) is 18.5 Å². The molecule has 2 saturated heterocycles. The highest BCUT2D eigenvalue weighted by Gasteiger charge is 2.59. The molecule has 2 heterocycles. The summed E-state index contributed by atoms with van der Waals surface area (Å²) in [6, 6.07) is 5.82. The molecule has 2 aliphatic rings. The van der Waals surface area contributed by atoms with Gasteiger partial charge in [-0.2, -0.15) is 0 Å². The highest BCUT2D eigenvalue weighted by Crippen LogP contribution is 2.52. The molecule has 0 spiro atoms. The first-order valence-corrected chi connectivity index (χ1v) is 12.6. The first-order valence-electron chi connectivity index (χ1n) is 12.6. The SMILES string of the molecule is C=C(N)NC(=O)CC1(c2cc(OC)ccc2C)CCN(CC2CCOCC2)C(C)C1(O)CCC. The summed E-state index contributed by atoms with van der Waals surface area (Å²) in [6.45, 7) is 13.3. The van der Waals surface area contributed by atoms with Gasteiger partial charge in [-0.25, -0.2) is 0 Å². The number of piperidine rings is 1. The van der Waals surface area contributed by atoms with Gasteiger partial charge in [-0.3, -0.25) is 9.69 Å². The number of aliphatic hydroxyl groups is 1. The lowest BCUT2D eigenvalue weighted by atomic mass is 9.56. The summed E-state index contributed by atoms with van der Waals surface area (Å²) in [5.41, 5.74) is 5.82. The Labute approximate surface area is 204 Å². The maximum Gasteiger partial charge on any atom is 0.226 e. The molecule has 4 N–H and O–H groups in total. The molecule has 3 unspecified atom stereocenters. The van der Waals surface area contributed by atoms with E-state index in [1.165, 1.54) is 0 Å². The number of hydrogen-bond donors (Lipinski definition) is 3. The molecule has 7 nitrogen and oxygen atoms in total. The molecule has 7 heteroatoms. The van der Waals surface area contributed by atoms with Gasteiger partial charge in [0.25, 0.3) is 0 Å². The normalized spacial score (nSPS) is 28.4. The number of likely N-dealkylation sites (tertiary alicyclic amines) is 1. The van der Waals surface area contributed by atoms with Crippen molar-refractivity contribution in [2.75, 3.05) is 33.4 Å². The Morgan fingerprint density at radius 2 is 2.09 bits per heavy atom. The molecule has 3 rings (SSSR count). The maximum absolute atomic E-state index is 13.1. The molecule has 1 amide bonds. The van der Waals surface area contributed by atoms with Crippen LogP contribution in [0.4, 0.5) is 0 Å². The monoisotopic (exact) mass is 473 g/mol. The van der Waals surface area contributed by atoms with Crippen LogP contribution in [-0.2, 0) is 14.9 Å². The molecular formula is C27H43N3O4. The molecule has 2 aliphatic heterocycles. The minimum atomic E-state index is -1.12. The highest BCUT2D eigenvalue weighted by atomic mass is 16.5. The van der Waals surface area contributed by atoms with Crippen LogP contribution in [0, 0.1) is 12.8 Å². The Hall–Kier alpha value is -2.09. The van der Waals surface area contributed by atoms with Crippen molar-refractivity contribution in [2.45, 2.75) is 76.4 Å². The van der Waals surface area contributed by atoms with E-state index < -0.39 is 11.0 Å². The molecular weight excluding hydrogens is 430 g/mol. The van der Waals surface area contributed by atoms with Crippen molar-refractivity contribution in [3.8, 4) is 5.75 Å². The Bertz CT molecular complexity index is 869. The van der Waals surface area contributed by atoms with E-state index in [0.29, 0.717) is 18.8 Å². The van der Waals surface area contributed by atoms with Crippen LogP contribution in [-0.4, -0.2) is 61.0 Å². The van der Waals surface area contributed by atoms with E-state index >= 15 is 0 Å². The Kier molecular flexibility index (Phi) is 8.66. The molecule has 1 aromatic carbocycles. The van der Waals surface area contributed by atoms with Crippen molar-refractivity contribution >= 4 is 5.91 Å². The van der Waals surface area contributed by atoms with E-state index in [1.807, 2.05) is 25.1 Å². The van der Waals surface area contributed by atoms with Gasteiger partial charge in [-0.15, -0.1) is 0 Å². The molecule has 2 fully saturated rings. The molecule has 3 atom stereocenters. The summed E-state index contributed by atoms with van der Waals surface area (Å²) in [4.78, 5) is 15.6. The number of aryl methyl sites for hydroxylation is 1. The summed E-state index contributed by atoms with van der Waals surface area (Å²) in [6.07, 6.45) is 4.29. The van der Waals surface area contributed by atoms with Crippen molar-refractivity contribution in [1.29, 1.82) is 0 Å². The zero-order valence-electron chi connectivity index (χ0n) is 21.4. The van der Waals surface area contributed by atoms with E-state index in [-0.39, 0.29) is 24.2 Å². The van der Waals surface area contributed by atoms with Crippen molar-refractivity contribution < 1.29 is 19.4 Å². The number of amides is 1. The molecule has 1 aromatic rings. The standard InChI is InChI=1S/C27H43N3O4/c1-6-11-27(32)20(3)30(18-22-9-14-34-15-10-22)13-12-26(27,17-25(31)29-21(4)28)24-16-23(33-5)8-7-19(24)2/h7-8,16,20,22,32H,4,6,9-15,17-18,28H2,1-3,5H3,(H,29,31). The minimum absolute atomic E-state index is 0.117. The number of ether oxygens (including phenoxy) is 2. The minimum Gasteiger partial charge on any atom is -0.497 e. The number of nitrogens with zero attached hydrogens (tertiary/aromatic N) is 1. The summed E-state index contributed by atoms with van der Waals surface area (Å²) in [7, 11) is 1.64. The number of nitrogens with one attached hydrogen (secondary N) is 1. The van der Waals surface area contributed by atoms with E-state index in [4.69, 9.17) is 15.2 Å². The fourth-order valence-electron chi connectivity index (χ4n) is 6.23. The van der Waals surface area contributed by atoms with Crippen LogP contribution in [0.2, 0.25) is 0 Å². The smallest absolute Gasteiger partial charge is 0.226 e. The third-order valence-electron chi connectivity index (χ3n) is 8.08. The van der Waals surface area contributed by atoms with Crippen LogP contribution in [0.1, 0.15) is 63.5 Å². The number of methoxy groups -OCH3 is 1. The van der Waals surface area contributed by atoms with E-state index in [2.05, 4.69) is 30.6 Å². The second-order valence-electron chi connectivity index (χ2n) is 10.2. The zero-order valence-corrected chi connectivity index (χ0v) is 21.4. The Balaban J connectivity index is 2.07.